The van der Waals surface area contributed by atoms with Crippen LogP contribution in [0.4, 0.5) is 0 Å². The van der Waals surface area contributed by atoms with Crippen LogP contribution in [0.2, 0.25) is 0 Å². The van der Waals surface area contributed by atoms with Crippen LogP contribution in [0, 0.1) is 0 Å². The minimum atomic E-state index is 0. The molecule has 0 aromatic carbocycles. The van der Waals surface area contributed by atoms with E-state index in [1.807, 2.05) is 0 Å². The lowest BCUT2D eigenvalue weighted by atomic mass is 10.7. The van der Waals surface area contributed by atoms with Crippen LogP contribution in [-0.2, 0) is 9.47 Å². The zero-order valence-corrected chi connectivity index (χ0v) is 7.56. The van der Waals surface area contributed by atoms with E-state index in [4.69, 9.17) is 9.47 Å². The standard InChI is InChI=1S/2C3H7NO.H2S/c2*1-2-5-3-4-1;/h2*4H,1-3H2;1H2. The molecule has 0 atom stereocenters. The fourth-order valence-electron chi connectivity index (χ4n) is 0.722. The molecule has 0 radical (unpaired) electrons. The van der Waals surface area contributed by atoms with Gasteiger partial charge in [-0.3, -0.25) is 10.6 Å². The Hall–Kier alpha value is 0.190. The molecule has 5 heteroatoms. The van der Waals surface area contributed by atoms with Crippen molar-refractivity contribution in [1.82, 2.24) is 10.6 Å². The summed E-state index contributed by atoms with van der Waals surface area (Å²) in [5, 5.41) is 6.00. The lowest BCUT2D eigenvalue weighted by Gasteiger charge is -1.76. The summed E-state index contributed by atoms with van der Waals surface area (Å²) in [6.45, 7) is 5.33. The van der Waals surface area contributed by atoms with E-state index >= 15 is 0 Å². The monoisotopic (exact) mass is 180 g/mol. The number of nitrogens with one attached hydrogen (secondary N) is 2. The van der Waals surface area contributed by atoms with Crippen LogP contribution in [-0.4, -0.2) is 39.8 Å². The highest BCUT2D eigenvalue weighted by atomic mass is 32.1. The maximum Gasteiger partial charge on any atom is 0.0966 e. The molecule has 0 amide bonds. The van der Waals surface area contributed by atoms with Crippen molar-refractivity contribution in [2.75, 3.05) is 39.8 Å². The molecule has 4 nitrogen and oxygen atoms in total. The molecule has 2 aliphatic rings. The minimum Gasteiger partial charge on any atom is -0.365 e. The van der Waals surface area contributed by atoms with Gasteiger partial charge in [0.1, 0.15) is 0 Å². The zero-order valence-electron chi connectivity index (χ0n) is 6.56. The zero-order chi connectivity index (χ0) is 7.07. The molecule has 2 fully saturated rings. The van der Waals surface area contributed by atoms with Gasteiger partial charge in [0.25, 0.3) is 0 Å². The van der Waals surface area contributed by atoms with Crippen LogP contribution in [0.1, 0.15) is 0 Å². The van der Waals surface area contributed by atoms with Gasteiger partial charge in [0, 0.05) is 13.1 Å². The van der Waals surface area contributed by atoms with E-state index in [9.17, 15) is 0 Å². The first-order valence-electron chi connectivity index (χ1n) is 3.57. The van der Waals surface area contributed by atoms with E-state index in [2.05, 4.69) is 10.6 Å². The molecule has 0 saturated carbocycles. The molecule has 2 aliphatic heterocycles. The Morgan fingerprint density at radius 2 is 1.27 bits per heavy atom. The van der Waals surface area contributed by atoms with Gasteiger partial charge in [0.2, 0.25) is 0 Å². The van der Waals surface area contributed by atoms with E-state index in [1.165, 1.54) is 0 Å². The summed E-state index contributed by atoms with van der Waals surface area (Å²) in [7, 11) is 0. The second kappa shape index (κ2) is 8.29. The van der Waals surface area contributed by atoms with Crippen molar-refractivity contribution < 1.29 is 9.47 Å². The third kappa shape index (κ3) is 6.58. The van der Waals surface area contributed by atoms with Gasteiger partial charge < -0.3 is 9.47 Å². The Morgan fingerprint density at radius 1 is 0.818 bits per heavy atom. The van der Waals surface area contributed by atoms with Crippen LogP contribution < -0.4 is 10.6 Å². The van der Waals surface area contributed by atoms with Crippen LogP contribution >= 0.6 is 13.5 Å². The first kappa shape index (κ1) is 11.2. The summed E-state index contributed by atoms with van der Waals surface area (Å²) in [4.78, 5) is 0. The van der Waals surface area contributed by atoms with E-state index in [0.29, 0.717) is 0 Å². The average Bonchev–Trinajstić information content (AvgIpc) is 2.67. The molecule has 0 aromatic rings. The fourth-order valence-corrected chi connectivity index (χ4v) is 0.722. The molecular weight excluding hydrogens is 164 g/mol. The van der Waals surface area contributed by atoms with E-state index in [0.717, 1.165) is 39.8 Å². The van der Waals surface area contributed by atoms with Gasteiger partial charge in [-0.25, -0.2) is 0 Å². The van der Waals surface area contributed by atoms with Gasteiger partial charge in [-0.1, -0.05) is 0 Å². The second-order valence-corrected chi connectivity index (χ2v) is 2.11. The normalized spacial score (nSPS) is 21.8. The highest BCUT2D eigenvalue weighted by Gasteiger charge is 1.92. The maximum atomic E-state index is 4.83. The number of hydrogen-bond donors (Lipinski definition) is 2. The predicted octanol–water partition coefficient (Wildman–Crippen LogP) is -0.760. The smallest absolute Gasteiger partial charge is 0.0966 e. The van der Waals surface area contributed by atoms with Crippen molar-refractivity contribution in [3.63, 3.8) is 0 Å². The minimum absolute atomic E-state index is 0. The van der Waals surface area contributed by atoms with Crippen LogP contribution in [0.25, 0.3) is 0 Å². The molecule has 0 spiro atoms. The largest absolute Gasteiger partial charge is 0.365 e. The van der Waals surface area contributed by atoms with Gasteiger partial charge in [-0.2, -0.15) is 13.5 Å². The third-order valence-electron chi connectivity index (χ3n) is 1.25. The quantitative estimate of drug-likeness (QED) is 0.514. The third-order valence-corrected chi connectivity index (χ3v) is 1.25. The molecule has 0 unspecified atom stereocenters. The molecule has 0 aromatic heterocycles. The van der Waals surface area contributed by atoms with Crippen LogP contribution in [0.5, 0.6) is 0 Å². The summed E-state index contributed by atoms with van der Waals surface area (Å²) in [6.07, 6.45) is 0. The first-order valence-corrected chi connectivity index (χ1v) is 3.57. The summed E-state index contributed by atoms with van der Waals surface area (Å²) in [5.41, 5.74) is 0. The van der Waals surface area contributed by atoms with Gasteiger partial charge in [0.05, 0.1) is 26.7 Å². The van der Waals surface area contributed by atoms with Gasteiger partial charge in [0.15, 0.2) is 0 Å². The summed E-state index contributed by atoms with van der Waals surface area (Å²) in [6, 6.07) is 0. The Kier molecular flexibility index (Phi) is 8.43. The number of hydrogen-bond acceptors (Lipinski definition) is 4. The number of ether oxygens (including phenoxy) is 2. The fraction of sp³-hybridized carbons (Fsp3) is 1.00. The highest BCUT2D eigenvalue weighted by molar-refractivity contribution is 7.59. The Balaban J connectivity index is 0.000000167. The SMILES string of the molecule is C1COCN1.C1COCN1.S. The topological polar surface area (TPSA) is 42.5 Å². The second-order valence-electron chi connectivity index (χ2n) is 2.11. The average molecular weight is 180 g/mol. The summed E-state index contributed by atoms with van der Waals surface area (Å²) >= 11 is 0. The van der Waals surface area contributed by atoms with Gasteiger partial charge >= 0.3 is 0 Å². The number of rotatable bonds is 0. The van der Waals surface area contributed by atoms with Crippen LogP contribution in [0.15, 0.2) is 0 Å². The first-order chi connectivity index (χ1) is 5.00. The van der Waals surface area contributed by atoms with Crippen molar-refractivity contribution in [3.8, 4) is 0 Å². The van der Waals surface area contributed by atoms with E-state index in [1.54, 1.807) is 0 Å². The molecule has 11 heavy (non-hydrogen) atoms. The molecule has 2 heterocycles. The van der Waals surface area contributed by atoms with E-state index in [-0.39, 0.29) is 13.5 Å². The van der Waals surface area contributed by atoms with Crippen molar-refractivity contribution >= 4 is 13.5 Å². The summed E-state index contributed by atoms with van der Waals surface area (Å²) < 4.78 is 9.67. The highest BCUT2D eigenvalue weighted by Crippen LogP contribution is 1.75. The molecule has 68 valence electrons. The Morgan fingerprint density at radius 3 is 1.36 bits per heavy atom. The molecule has 2 saturated heterocycles. The van der Waals surface area contributed by atoms with Crippen molar-refractivity contribution in [2.24, 2.45) is 0 Å². The molecular formula is C6H16N2O2S. The maximum absolute atomic E-state index is 4.83. The molecule has 2 rings (SSSR count). The summed E-state index contributed by atoms with van der Waals surface area (Å²) in [5.74, 6) is 0. The van der Waals surface area contributed by atoms with Gasteiger partial charge in [-0.05, 0) is 0 Å². The molecule has 0 bridgehead atoms. The lowest BCUT2D eigenvalue weighted by Crippen LogP contribution is -2.05. The van der Waals surface area contributed by atoms with E-state index < -0.39 is 0 Å². The van der Waals surface area contributed by atoms with Gasteiger partial charge in [-0.15, -0.1) is 0 Å². The lowest BCUT2D eigenvalue weighted by molar-refractivity contribution is 0.194. The Bertz CT molecular complexity index is 51.8. The molecule has 2 N–H and O–H groups in total. The van der Waals surface area contributed by atoms with Crippen molar-refractivity contribution in [3.05, 3.63) is 0 Å². The van der Waals surface area contributed by atoms with Crippen molar-refractivity contribution in [1.29, 1.82) is 0 Å². The molecule has 0 aliphatic carbocycles. The van der Waals surface area contributed by atoms with Crippen LogP contribution in [0.3, 0.4) is 0 Å². The Labute approximate surface area is 74.1 Å². The predicted molar refractivity (Wildman–Crippen MR) is 48.0 cm³/mol. The van der Waals surface area contributed by atoms with Crippen molar-refractivity contribution in [2.45, 2.75) is 0 Å².